The summed E-state index contributed by atoms with van der Waals surface area (Å²) in [4.78, 5) is 17.0. The topological polar surface area (TPSA) is 70.8 Å². The number of benzene rings is 3. The second-order valence-electron chi connectivity index (χ2n) is 9.22. The number of hydrogen-bond donors (Lipinski definition) is 0. The summed E-state index contributed by atoms with van der Waals surface area (Å²) in [5, 5.41) is 0. The summed E-state index contributed by atoms with van der Waals surface area (Å²) < 4.78 is 23.5. The largest absolute Gasteiger partial charge is 0.493 e. The van der Waals surface area contributed by atoms with Crippen LogP contribution in [-0.2, 0) is 16.0 Å². The monoisotopic (exact) mass is 497 g/mol. The van der Waals surface area contributed by atoms with Crippen LogP contribution in [0, 0.1) is 6.92 Å². The Labute approximate surface area is 217 Å². The maximum absolute atomic E-state index is 12.5. The number of esters is 1. The van der Waals surface area contributed by atoms with Gasteiger partial charge in [-0.25, -0.2) is 9.78 Å². The molecule has 1 aromatic heterocycles. The predicted octanol–water partition coefficient (Wildman–Crippen LogP) is 6.80. The van der Waals surface area contributed by atoms with Crippen LogP contribution in [0.4, 0.5) is 0 Å². The molecule has 1 fully saturated rings. The molecule has 1 aliphatic rings. The van der Waals surface area contributed by atoms with Crippen LogP contribution in [-0.4, -0.2) is 29.8 Å². The maximum atomic E-state index is 12.5. The van der Waals surface area contributed by atoms with Crippen LogP contribution in [0.3, 0.4) is 0 Å². The summed E-state index contributed by atoms with van der Waals surface area (Å²) in [6.45, 7) is 4.59. The first-order valence-corrected chi connectivity index (χ1v) is 12.8. The van der Waals surface area contributed by atoms with Gasteiger partial charge in [0.1, 0.15) is 17.3 Å². The van der Waals surface area contributed by atoms with Crippen molar-refractivity contribution in [1.29, 1.82) is 0 Å². The van der Waals surface area contributed by atoms with Crippen molar-refractivity contribution in [2.45, 2.75) is 45.1 Å². The fourth-order valence-corrected chi connectivity index (χ4v) is 4.46. The van der Waals surface area contributed by atoms with E-state index in [0.717, 1.165) is 40.3 Å². The first-order valence-electron chi connectivity index (χ1n) is 12.8. The SMILES string of the molecule is CCOC(=O)C1(Oc2cccc(-c3cccc(OCCc4oc(-c5ccccc5)nc4C)c3)c2)CCC1. The van der Waals surface area contributed by atoms with Crippen LogP contribution in [0.5, 0.6) is 11.5 Å². The molecular weight excluding hydrogens is 466 g/mol. The molecule has 3 aromatic carbocycles. The fraction of sp³-hybridized carbons (Fsp3) is 0.290. The van der Waals surface area contributed by atoms with Crippen molar-refractivity contribution in [2.75, 3.05) is 13.2 Å². The van der Waals surface area contributed by atoms with Gasteiger partial charge >= 0.3 is 5.97 Å². The number of carbonyl (C=O) groups is 1. The molecule has 0 radical (unpaired) electrons. The van der Waals surface area contributed by atoms with Gasteiger partial charge in [0.25, 0.3) is 0 Å². The Kier molecular flexibility index (Phi) is 7.26. The Morgan fingerprint density at radius 2 is 1.59 bits per heavy atom. The van der Waals surface area contributed by atoms with E-state index in [2.05, 4.69) is 4.98 Å². The molecule has 37 heavy (non-hydrogen) atoms. The molecule has 0 unspecified atom stereocenters. The van der Waals surface area contributed by atoms with Gasteiger partial charge in [-0.2, -0.15) is 0 Å². The number of rotatable bonds is 10. The lowest BCUT2D eigenvalue weighted by Gasteiger charge is -2.39. The van der Waals surface area contributed by atoms with E-state index in [1.54, 1.807) is 0 Å². The molecule has 1 heterocycles. The fourth-order valence-electron chi connectivity index (χ4n) is 4.46. The molecule has 0 amide bonds. The van der Waals surface area contributed by atoms with Gasteiger partial charge in [0.2, 0.25) is 11.5 Å². The lowest BCUT2D eigenvalue weighted by molar-refractivity contribution is -0.169. The van der Waals surface area contributed by atoms with E-state index in [-0.39, 0.29) is 5.97 Å². The van der Waals surface area contributed by atoms with Gasteiger partial charge in [-0.1, -0.05) is 42.5 Å². The molecule has 0 spiro atoms. The summed E-state index contributed by atoms with van der Waals surface area (Å²) in [6.07, 6.45) is 2.93. The van der Waals surface area contributed by atoms with Gasteiger partial charge in [-0.05, 0) is 80.6 Å². The van der Waals surface area contributed by atoms with E-state index < -0.39 is 5.60 Å². The van der Waals surface area contributed by atoms with Crippen molar-refractivity contribution in [2.24, 2.45) is 0 Å². The van der Waals surface area contributed by atoms with Gasteiger partial charge in [0.15, 0.2) is 0 Å². The van der Waals surface area contributed by atoms with Gasteiger partial charge in [-0.15, -0.1) is 0 Å². The molecule has 0 aliphatic heterocycles. The molecule has 0 bridgehead atoms. The Hall–Kier alpha value is -4.06. The number of ether oxygens (including phenoxy) is 3. The molecular formula is C31H31NO5. The van der Waals surface area contributed by atoms with Crippen molar-refractivity contribution in [3.8, 4) is 34.1 Å². The Morgan fingerprint density at radius 3 is 2.27 bits per heavy atom. The first kappa shape index (κ1) is 24.6. The van der Waals surface area contributed by atoms with Crippen LogP contribution in [0.2, 0.25) is 0 Å². The third-order valence-electron chi connectivity index (χ3n) is 6.63. The molecule has 190 valence electrons. The van der Waals surface area contributed by atoms with Crippen molar-refractivity contribution in [3.63, 3.8) is 0 Å². The second kappa shape index (κ2) is 10.9. The van der Waals surface area contributed by atoms with Crippen LogP contribution < -0.4 is 9.47 Å². The van der Waals surface area contributed by atoms with E-state index in [1.807, 2.05) is 92.7 Å². The van der Waals surface area contributed by atoms with Crippen LogP contribution >= 0.6 is 0 Å². The molecule has 6 nitrogen and oxygen atoms in total. The lowest BCUT2D eigenvalue weighted by atomic mass is 9.80. The highest BCUT2D eigenvalue weighted by Crippen LogP contribution is 2.39. The molecule has 0 saturated heterocycles. The highest BCUT2D eigenvalue weighted by molar-refractivity contribution is 5.81. The summed E-state index contributed by atoms with van der Waals surface area (Å²) >= 11 is 0. The summed E-state index contributed by atoms with van der Waals surface area (Å²) in [5.41, 5.74) is 2.96. The minimum absolute atomic E-state index is 0.278. The zero-order valence-corrected chi connectivity index (χ0v) is 21.2. The molecule has 1 aliphatic carbocycles. The van der Waals surface area contributed by atoms with Gasteiger partial charge < -0.3 is 18.6 Å². The molecule has 0 N–H and O–H groups in total. The third-order valence-corrected chi connectivity index (χ3v) is 6.63. The van der Waals surface area contributed by atoms with E-state index in [9.17, 15) is 4.79 Å². The highest BCUT2D eigenvalue weighted by atomic mass is 16.6. The number of aromatic nitrogens is 1. The first-order chi connectivity index (χ1) is 18.1. The van der Waals surface area contributed by atoms with E-state index in [1.165, 1.54) is 0 Å². The van der Waals surface area contributed by atoms with E-state index >= 15 is 0 Å². The molecule has 1 saturated carbocycles. The lowest BCUT2D eigenvalue weighted by Crippen LogP contribution is -2.51. The Bertz CT molecular complexity index is 1360. The predicted molar refractivity (Wildman–Crippen MR) is 142 cm³/mol. The average molecular weight is 498 g/mol. The minimum atomic E-state index is -0.862. The standard InChI is InChI=1S/C31H31NO5/c1-3-34-30(33)31(17-9-18-31)37-27-15-8-13-25(21-27)24-12-7-14-26(20-24)35-19-16-28-22(2)32-29(36-28)23-10-5-4-6-11-23/h4-8,10-15,20-21H,3,9,16-19H2,1-2H3. The zero-order chi connectivity index (χ0) is 25.7. The number of hydrogen-bond acceptors (Lipinski definition) is 6. The number of oxazole rings is 1. The molecule has 4 aromatic rings. The van der Waals surface area contributed by atoms with Gasteiger partial charge in [0.05, 0.1) is 18.9 Å². The minimum Gasteiger partial charge on any atom is -0.493 e. The molecule has 5 rings (SSSR count). The van der Waals surface area contributed by atoms with E-state index in [4.69, 9.17) is 18.6 Å². The van der Waals surface area contributed by atoms with Gasteiger partial charge in [0, 0.05) is 12.0 Å². The molecule has 0 atom stereocenters. The summed E-state index contributed by atoms with van der Waals surface area (Å²) in [5.74, 6) is 2.60. The van der Waals surface area contributed by atoms with Crippen LogP contribution in [0.1, 0.15) is 37.6 Å². The normalized spacial score (nSPS) is 14.0. The second-order valence-corrected chi connectivity index (χ2v) is 9.22. The zero-order valence-electron chi connectivity index (χ0n) is 21.2. The third kappa shape index (κ3) is 5.53. The smallest absolute Gasteiger partial charge is 0.350 e. The summed E-state index contributed by atoms with van der Waals surface area (Å²) in [6, 6.07) is 25.6. The Morgan fingerprint density at radius 1 is 0.919 bits per heavy atom. The summed E-state index contributed by atoms with van der Waals surface area (Å²) in [7, 11) is 0. The van der Waals surface area contributed by atoms with E-state index in [0.29, 0.717) is 44.1 Å². The van der Waals surface area contributed by atoms with Crippen molar-refractivity contribution >= 4 is 5.97 Å². The quantitative estimate of drug-likeness (QED) is 0.224. The average Bonchev–Trinajstić information content (AvgIpc) is 3.27. The van der Waals surface area contributed by atoms with Crippen LogP contribution in [0.25, 0.3) is 22.6 Å². The number of aryl methyl sites for hydroxylation is 1. The van der Waals surface area contributed by atoms with Crippen molar-refractivity contribution < 1.29 is 23.4 Å². The van der Waals surface area contributed by atoms with Crippen molar-refractivity contribution in [3.05, 3.63) is 90.3 Å². The highest BCUT2D eigenvalue weighted by Gasteiger charge is 2.48. The maximum Gasteiger partial charge on any atom is 0.350 e. The Balaban J connectivity index is 1.24. The van der Waals surface area contributed by atoms with Crippen LogP contribution in [0.15, 0.2) is 83.3 Å². The van der Waals surface area contributed by atoms with Crippen molar-refractivity contribution in [1.82, 2.24) is 4.98 Å². The number of carbonyl (C=O) groups excluding carboxylic acids is 1. The number of nitrogens with zero attached hydrogens (tertiary/aromatic N) is 1. The van der Waals surface area contributed by atoms with Gasteiger partial charge in [-0.3, -0.25) is 0 Å². The molecule has 6 heteroatoms.